The van der Waals surface area contributed by atoms with Crippen molar-refractivity contribution in [1.82, 2.24) is 14.9 Å². The molecule has 0 saturated carbocycles. The van der Waals surface area contributed by atoms with Crippen molar-refractivity contribution in [2.24, 2.45) is 10.4 Å². The van der Waals surface area contributed by atoms with Crippen molar-refractivity contribution in [3.05, 3.63) is 17.5 Å². The molecular weight excluding hydrogens is 332 g/mol. The Hall–Kier alpha value is -1.12. The summed E-state index contributed by atoms with van der Waals surface area (Å²) in [5.41, 5.74) is 0.247. The van der Waals surface area contributed by atoms with Gasteiger partial charge in [0.1, 0.15) is 4.21 Å². The maximum Gasteiger partial charge on any atom is 0.250 e. The summed E-state index contributed by atoms with van der Waals surface area (Å²) in [6.45, 7) is 10.6. The minimum absolute atomic E-state index is 0.0192. The number of likely N-dealkylation sites (tertiary alicyclic amines) is 1. The molecule has 1 fully saturated rings. The first kappa shape index (κ1) is 18.2. The lowest BCUT2D eigenvalue weighted by molar-refractivity contribution is -0.0666. The summed E-state index contributed by atoms with van der Waals surface area (Å²) in [4.78, 5) is 6.53. The Bertz CT molecular complexity index is 664. The van der Waals surface area contributed by atoms with Crippen LogP contribution in [0.4, 0.5) is 0 Å². The molecule has 0 amide bonds. The highest BCUT2D eigenvalue weighted by atomic mass is 32.2. The molecule has 2 N–H and O–H groups in total. The molecule has 1 aliphatic rings. The first-order valence-electron chi connectivity index (χ1n) is 7.63. The van der Waals surface area contributed by atoms with Crippen LogP contribution in [0.3, 0.4) is 0 Å². The second-order valence-electron chi connectivity index (χ2n) is 6.83. The predicted molar refractivity (Wildman–Crippen MR) is 95.4 cm³/mol. The minimum Gasteiger partial charge on any atom is -0.355 e. The normalized spacial score (nSPS) is 20.2. The Kier molecular flexibility index (Phi) is 5.08. The summed E-state index contributed by atoms with van der Waals surface area (Å²) in [5, 5.41) is 4.99. The van der Waals surface area contributed by atoms with Gasteiger partial charge < -0.3 is 10.2 Å². The lowest BCUT2D eigenvalue weighted by Gasteiger charge is -2.62. The fourth-order valence-electron chi connectivity index (χ4n) is 2.54. The molecule has 1 saturated heterocycles. The van der Waals surface area contributed by atoms with E-state index in [1.807, 2.05) is 0 Å². The lowest BCUT2D eigenvalue weighted by atomic mass is 9.65. The summed E-state index contributed by atoms with van der Waals surface area (Å²) < 4.78 is 27.0. The Labute approximate surface area is 143 Å². The molecule has 0 atom stereocenters. The second-order valence-corrected chi connectivity index (χ2v) is 9.77. The van der Waals surface area contributed by atoms with Gasteiger partial charge in [0.05, 0.1) is 0 Å². The molecule has 8 heteroatoms. The summed E-state index contributed by atoms with van der Waals surface area (Å²) >= 11 is 1.21. The van der Waals surface area contributed by atoms with E-state index < -0.39 is 10.0 Å². The van der Waals surface area contributed by atoms with E-state index in [2.05, 4.69) is 47.6 Å². The van der Waals surface area contributed by atoms with Gasteiger partial charge >= 0.3 is 0 Å². The van der Waals surface area contributed by atoms with Crippen molar-refractivity contribution < 1.29 is 8.42 Å². The smallest absolute Gasteiger partial charge is 0.250 e. The molecule has 23 heavy (non-hydrogen) atoms. The molecule has 0 spiro atoms. The highest BCUT2D eigenvalue weighted by Gasteiger charge is 2.53. The van der Waals surface area contributed by atoms with Crippen molar-refractivity contribution >= 4 is 27.3 Å². The fourth-order valence-corrected chi connectivity index (χ4v) is 4.61. The third-order valence-electron chi connectivity index (χ3n) is 4.81. The zero-order valence-electron chi connectivity index (χ0n) is 14.4. The van der Waals surface area contributed by atoms with Crippen molar-refractivity contribution in [2.45, 2.75) is 37.4 Å². The van der Waals surface area contributed by atoms with Gasteiger partial charge in [0.2, 0.25) is 10.0 Å². The van der Waals surface area contributed by atoms with E-state index in [1.165, 1.54) is 11.3 Å². The van der Waals surface area contributed by atoms with Gasteiger partial charge in [-0.2, -0.15) is 0 Å². The third kappa shape index (κ3) is 3.54. The topological polar surface area (TPSA) is 73.8 Å². The maximum atomic E-state index is 12.0. The maximum absolute atomic E-state index is 12.0. The number of rotatable bonds is 5. The van der Waals surface area contributed by atoms with Crippen LogP contribution in [0.15, 0.2) is 26.7 Å². The molecule has 0 radical (unpaired) electrons. The molecule has 0 bridgehead atoms. The van der Waals surface area contributed by atoms with Gasteiger partial charge in [0, 0.05) is 37.6 Å². The Morgan fingerprint density at radius 3 is 2.52 bits per heavy atom. The molecule has 6 nitrogen and oxygen atoms in total. The first-order chi connectivity index (χ1) is 10.6. The summed E-state index contributed by atoms with van der Waals surface area (Å²) in [6.07, 6.45) is 0. The summed E-state index contributed by atoms with van der Waals surface area (Å²) in [5.74, 6) is 0.810. The van der Waals surface area contributed by atoms with Crippen LogP contribution < -0.4 is 10.0 Å². The lowest BCUT2D eigenvalue weighted by Crippen LogP contribution is -2.72. The van der Waals surface area contributed by atoms with Gasteiger partial charge in [-0.25, -0.2) is 13.1 Å². The Morgan fingerprint density at radius 1 is 1.35 bits per heavy atom. The molecule has 0 unspecified atom stereocenters. The van der Waals surface area contributed by atoms with Gasteiger partial charge in [0.15, 0.2) is 5.96 Å². The SMILES string of the molecule is CN=C(NCCNS(=O)(=O)c1cccs1)N1CC(C)(C)C1(C)C. The quantitative estimate of drug-likeness (QED) is 0.477. The van der Waals surface area contributed by atoms with Crippen molar-refractivity contribution in [1.29, 1.82) is 0 Å². The largest absolute Gasteiger partial charge is 0.355 e. The van der Waals surface area contributed by atoms with E-state index in [4.69, 9.17) is 0 Å². The number of nitrogens with zero attached hydrogens (tertiary/aromatic N) is 2. The van der Waals surface area contributed by atoms with Gasteiger partial charge in [-0.3, -0.25) is 4.99 Å². The number of aliphatic imine (C=N–C) groups is 1. The zero-order chi connectivity index (χ0) is 17.3. The van der Waals surface area contributed by atoms with E-state index in [-0.39, 0.29) is 11.0 Å². The van der Waals surface area contributed by atoms with Gasteiger partial charge in [-0.15, -0.1) is 11.3 Å². The van der Waals surface area contributed by atoms with Crippen molar-refractivity contribution in [2.75, 3.05) is 26.7 Å². The van der Waals surface area contributed by atoms with E-state index in [1.54, 1.807) is 24.6 Å². The van der Waals surface area contributed by atoms with E-state index in [9.17, 15) is 8.42 Å². The van der Waals surface area contributed by atoms with Crippen LogP contribution in [0.25, 0.3) is 0 Å². The van der Waals surface area contributed by atoms with Crippen LogP contribution in [0.2, 0.25) is 0 Å². The van der Waals surface area contributed by atoms with Gasteiger partial charge in [-0.05, 0) is 25.3 Å². The van der Waals surface area contributed by atoms with Crippen LogP contribution in [0.5, 0.6) is 0 Å². The van der Waals surface area contributed by atoms with Gasteiger partial charge in [-0.1, -0.05) is 19.9 Å². The van der Waals surface area contributed by atoms with E-state index in [0.717, 1.165) is 12.5 Å². The molecule has 0 aromatic carbocycles. The van der Waals surface area contributed by atoms with Crippen LogP contribution in [-0.2, 0) is 10.0 Å². The van der Waals surface area contributed by atoms with E-state index in [0.29, 0.717) is 17.3 Å². The fraction of sp³-hybridized carbons (Fsp3) is 0.667. The molecule has 0 aliphatic carbocycles. The van der Waals surface area contributed by atoms with Gasteiger partial charge in [0.25, 0.3) is 0 Å². The summed E-state index contributed by atoms with van der Waals surface area (Å²) in [6, 6.07) is 3.33. The van der Waals surface area contributed by atoms with Crippen LogP contribution in [0.1, 0.15) is 27.7 Å². The average molecular weight is 359 g/mol. The number of hydrogen-bond donors (Lipinski definition) is 2. The van der Waals surface area contributed by atoms with Crippen molar-refractivity contribution in [3.63, 3.8) is 0 Å². The summed E-state index contributed by atoms with van der Waals surface area (Å²) in [7, 11) is -1.65. The third-order valence-corrected chi connectivity index (χ3v) is 7.67. The highest BCUT2D eigenvalue weighted by Crippen LogP contribution is 2.46. The molecule has 130 valence electrons. The molecule has 1 aromatic rings. The highest BCUT2D eigenvalue weighted by molar-refractivity contribution is 7.91. The molecule has 2 heterocycles. The van der Waals surface area contributed by atoms with Crippen LogP contribution in [0, 0.1) is 5.41 Å². The molecular formula is C15H26N4O2S2. The molecule has 2 rings (SSSR count). The van der Waals surface area contributed by atoms with E-state index >= 15 is 0 Å². The predicted octanol–water partition coefficient (Wildman–Crippen LogP) is 1.72. The minimum atomic E-state index is -3.40. The second kappa shape index (κ2) is 6.41. The number of guanidine groups is 1. The molecule has 1 aliphatic heterocycles. The molecule has 1 aromatic heterocycles. The van der Waals surface area contributed by atoms with Crippen LogP contribution >= 0.6 is 11.3 Å². The van der Waals surface area contributed by atoms with Crippen molar-refractivity contribution in [3.8, 4) is 0 Å². The Balaban J connectivity index is 1.84. The first-order valence-corrected chi connectivity index (χ1v) is 9.99. The van der Waals surface area contributed by atoms with Crippen LogP contribution in [-0.4, -0.2) is 51.5 Å². The number of hydrogen-bond acceptors (Lipinski definition) is 4. The number of nitrogens with one attached hydrogen (secondary N) is 2. The average Bonchev–Trinajstić information content (AvgIpc) is 3.00. The number of sulfonamides is 1. The Morgan fingerprint density at radius 2 is 2.04 bits per heavy atom. The zero-order valence-corrected chi connectivity index (χ0v) is 16.0. The standard InChI is InChI=1S/C15H26N4O2S2/c1-14(2)11-19(15(14,3)4)13(16-5)17-8-9-18-23(20,21)12-7-6-10-22-12/h6-7,10,18H,8-9,11H2,1-5H3,(H,16,17). The number of thiophene rings is 1. The monoisotopic (exact) mass is 358 g/mol.